The Morgan fingerprint density at radius 1 is 1.31 bits per heavy atom. The molecule has 1 heterocycles. The lowest BCUT2D eigenvalue weighted by atomic mass is 10.0. The normalized spacial score (nSPS) is 23.5. The van der Waals surface area contributed by atoms with Crippen molar-refractivity contribution in [1.82, 2.24) is 4.90 Å². The van der Waals surface area contributed by atoms with E-state index in [0.29, 0.717) is 30.6 Å². The third kappa shape index (κ3) is 4.60. The van der Waals surface area contributed by atoms with Gasteiger partial charge in [0.1, 0.15) is 0 Å². The predicted molar refractivity (Wildman–Crippen MR) is 68.9 cm³/mol. The Morgan fingerprint density at radius 3 is 2.69 bits per heavy atom. The second-order valence-electron chi connectivity index (χ2n) is 4.49. The van der Waals surface area contributed by atoms with E-state index in [9.17, 15) is 8.42 Å². The molecule has 16 heavy (non-hydrogen) atoms. The molecule has 0 aliphatic carbocycles. The Hall–Kier alpha value is 0.200. The number of likely N-dealkylation sites (tertiary alicyclic amines) is 1. The minimum atomic E-state index is -2.85. The summed E-state index contributed by atoms with van der Waals surface area (Å²) < 4.78 is 23.2. The van der Waals surface area contributed by atoms with Gasteiger partial charge in [-0.15, -0.1) is 11.6 Å². The molecule has 1 aliphatic heterocycles. The largest absolute Gasteiger partial charge is 0.298 e. The van der Waals surface area contributed by atoms with Gasteiger partial charge in [-0.2, -0.15) is 0 Å². The molecule has 96 valence electrons. The third-order valence-corrected chi connectivity index (χ3v) is 5.32. The molecule has 1 saturated heterocycles. The molecule has 0 spiro atoms. The first-order valence-electron chi connectivity index (χ1n) is 6.09. The van der Waals surface area contributed by atoms with Crippen LogP contribution in [-0.4, -0.2) is 49.8 Å². The summed E-state index contributed by atoms with van der Waals surface area (Å²) in [4.78, 5) is 2.24. The fourth-order valence-corrected chi connectivity index (χ4v) is 3.89. The molecule has 0 aromatic carbocycles. The van der Waals surface area contributed by atoms with Crippen LogP contribution in [0.25, 0.3) is 0 Å². The highest BCUT2D eigenvalue weighted by Gasteiger charge is 2.22. The van der Waals surface area contributed by atoms with Crippen molar-refractivity contribution in [2.75, 3.05) is 30.5 Å². The highest BCUT2D eigenvalue weighted by atomic mass is 35.5. The van der Waals surface area contributed by atoms with Crippen LogP contribution in [0.1, 0.15) is 32.6 Å². The molecule has 0 aromatic heterocycles. The van der Waals surface area contributed by atoms with Crippen LogP contribution in [0, 0.1) is 0 Å². The maximum absolute atomic E-state index is 11.6. The number of alkyl halides is 1. The Balaban J connectivity index is 2.41. The molecule has 0 amide bonds. The first-order valence-corrected chi connectivity index (χ1v) is 8.45. The van der Waals surface area contributed by atoms with Gasteiger partial charge in [0, 0.05) is 24.2 Å². The second kappa shape index (κ2) is 6.82. The smallest absolute Gasteiger partial charge is 0.151 e. The van der Waals surface area contributed by atoms with E-state index in [-0.39, 0.29) is 5.75 Å². The van der Waals surface area contributed by atoms with Gasteiger partial charge < -0.3 is 0 Å². The van der Waals surface area contributed by atoms with Crippen molar-refractivity contribution < 1.29 is 8.42 Å². The fourth-order valence-electron chi connectivity index (χ4n) is 2.20. The topological polar surface area (TPSA) is 37.4 Å². The van der Waals surface area contributed by atoms with Crippen molar-refractivity contribution >= 4 is 21.4 Å². The summed E-state index contributed by atoms with van der Waals surface area (Å²) in [6.45, 7) is 3.55. The van der Waals surface area contributed by atoms with Crippen LogP contribution >= 0.6 is 11.6 Å². The Labute approximate surface area is 104 Å². The van der Waals surface area contributed by atoms with Crippen molar-refractivity contribution in [3.8, 4) is 0 Å². The van der Waals surface area contributed by atoms with E-state index >= 15 is 0 Å². The van der Waals surface area contributed by atoms with Crippen LogP contribution in [0.5, 0.6) is 0 Å². The van der Waals surface area contributed by atoms with Crippen LogP contribution in [0.2, 0.25) is 0 Å². The highest BCUT2D eigenvalue weighted by molar-refractivity contribution is 7.91. The van der Waals surface area contributed by atoms with Crippen LogP contribution in [0.4, 0.5) is 0 Å². The fraction of sp³-hybridized carbons (Fsp3) is 1.00. The summed E-state index contributed by atoms with van der Waals surface area (Å²) >= 11 is 5.90. The standard InChI is InChI=1S/C11H22ClNO2S/c1-2-8-16(14,15)9-7-13-6-4-3-5-11(13)10-12/h11H,2-10H2,1H3. The summed E-state index contributed by atoms with van der Waals surface area (Å²) in [6.07, 6.45) is 4.20. The van der Waals surface area contributed by atoms with E-state index in [4.69, 9.17) is 11.6 Å². The molecular formula is C11H22ClNO2S. The molecule has 3 nitrogen and oxygen atoms in total. The Morgan fingerprint density at radius 2 is 2.06 bits per heavy atom. The number of piperidine rings is 1. The lowest BCUT2D eigenvalue weighted by Gasteiger charge is -2.34. The molecule has 0 saturated carbocycles. The van der Waals surface area contributed by atoms with Crippen molar-refractivity contribution in [2.24, 2.45) is 0 Å². The highest BCUT2D eigenvalue weighted by Crippen LogP contribution is 2.17. The van der Waals surface area contributed by atoms with Gasteiger partial charge in [0.25, 0.3) is 0 Å². The SMILES string of the molecule is CCCS(=O)(=O)CCN1CCCCC1CCl. The zero-order chi connectivity index (χ0) is 12.0. The number of nitrogens with zero attached hydrogens (tertiary/aromatic N) is 1. The maximum atomic E-state index is 11.6. The predicted octanol–water partition coefficient (Wildman–Crippen LogP) is 1.90. The molecule has 5 heteroatoms. The van der Waals surface area contributed by atoms with E-state index in [0.717, 1.165) is 13.0 Å². The van der Waals surface area contributed by atoms with Crippen LogP contribution in [0.3, 0.4) is 0 Å². The number of halogens is 1. The monoisotopic (exact) mass is 267 g/mol. The average molecular weight is 268 g/mol. The first kappa shape index (κ1) is 14.3. The average Bonchev–Trinajstić information content (AvgIpc) is 2.27. The van der Waals surface area contributed by atoms with E-state index in [1.165, 1.54) is 12.8 Å². The summed E-state index contributed by atoms with van der Waals surface area (Å²) in [6, 6.07) is 0.382. The molecule has 1 atom stereocenters. The molecule has 1 rings (SSSR count). The summed E-state index contributed by atoms with van der Waals surface area (Å²) in [5.74, 6) is 1.22. The number of rotatable bonds is 6. The third-order valence-electron chi connectivity index (χ3n) is 3.13. The van der Waals surface area contributed by atoms with Gasteiger partial charge in [-0.3, -0.25) is 4.90 Å². The summed E-state index contributed by atoms with van der Waals surface area (Å²) in [7, 11) is -2.85. The van der Waals surface area contributed by atoms with Crippen molar-refractivity contribution in [3.63, 3.8) is 0 Å². The molecule has 0 bridgehead atoms. The van der Waals surface area contributed by atoms with Gasteiger partial charge in [0.2, 0.25) is 0 Å². The number of sulfone groups is 1. The van der Waals surface area contributed by atoms with Gasteiger partial charge in [0.05, 0.1) is 5.75 Å². The molecule has 0 N–H and O–H groups in total. The van der Waals surface area contributed by atoms with Gasteiger partial charge in [-0.05, 0) is 25.8 Å². The lowest BCUT2D eigenvalue weighted by molar-refractivity contribution is 0.173. The maximum Gasteiger partial charge on any atom is 0.151 e. The van der Waals surface area contributed by atoms with Crippen molar-refractivity contribution in [2.45, 2.75) is 38.6 Å². The van der Waals surface area contributed by atoms with Gasteiger partial charge in [-0.1, -0.05) is 13.3 Å². The number of hydrogen-bond donors (Lipinski definition) is 0. The first-order chi connectivity index (χ1) is 7.59. The van der Waals surface area contributed by atoms with Crippen LogP contribution < -0.4 is 0 Å². The Bertz CT molecular complexity index is 292. The lowest BCUT2D eigenvalue weighted by Crippen LogP contribution is -2.43. The van der Waals surface area contributed by atoms with Crippen LogP contribution in [-0.2, 0) is 9.84 Å². The minimum Gasteiger partial charge on any atom is -0.298 e. The molecule has 1 fully saturated rings. The van der Waals surface area contributed by atoms with Gasteiger partial charge in [0.15, 0.2) is 9.84 Å². The van der Waals surface area contributed by atoms with E-state index < -0.39 is 9.84 Å². The molecule has 0 radical (unpaired) electrons. The molecule has 1 aliphatic rings. The van der Waals surface area contributed by atoms with E-state index in [1.54, 1.807) is 0 Å². The van der Waals surface area contributed by atoms with E-state index in [2.05, 4.69) is 4.90 Å². The second-order valence-corrected chi connectivity index (χ2v) is 7.10. The zero-order valence-electron chi connectivity index (χ0n) is 9.99. The van der Waals surface area contributed by atoms with Gasteiger partial charge >= 0.3 is 0 Å². The molecular weight excluding hydrogens is 246 g/mol. The Kier molecular flexibility index (Phi) is 6.08. The molecule has 1 unspecified atom stereocenters. The van der Waals surface area contributed by atoms with Crippen molar-refractivity contribution in [1.29, 1.82) is 0 Å². The van der Waals surface area contributed by atoms with Gasteiger partial charge in [-0.25, -0.2) is 8.42 Å². The summed E-state index contributed by atoms with van der Waals surface area (Å²) in [5.41, 5.74) is 0. The quantitative estimate of drug-likeness (QED) is 0.690. The summed E-state index contributed by atoms with van der Waals surface area (Å²) in [5, 5.41) is 0. The zero-order valence-corrected chi connectivity index (χ0v) is 11.6. The van der Waals surface area contributed by atoms with E-state index in [1.807, 2.05) is 6.92 Å². The van der Waals surface area contributed by atoms with Crippen molar-refractivity contribution in [3.05, 3.63) is 0 Å². The number of hydrogen-bond acceptors (Lipinski definition) is 3. The molecule has 0 aromatic rings. The van der Waals surface area contributed by atoms with Crippen LogP contribution in [0.15, 0.2) is 0 Å². The minimum absolute atomic E-state index is 0.286.